The molecule has 0 spiro atoms. The number of Topliss-reactive ketones (excluding diaryl/α,β-unsaturated/α-hetero) is 1. The van der Waals surface area contributed by atoms with Crippen molar-refractivity contribution in [1.29, 1.82) is 0 Å². The molecule has 0 amide bonds. The van der Waals surface area contributed by atoms with Gasteiger partial charge >= 0.3 is 0 Å². The number of oxime groups is 1. The van der Waals surface area contributed by atoms with Crippen LogP contribution in [-0.4, -0.2) is 31.6 Å². The van der Waals surface area contributed by atoms with Crippen LogP contribution < -0.4 is 4.74 Å². The van der Waals surface area contributed by atoms with E-state index in [4.69, 9.17) is 26.2 Å². The molecule has 3 heterocycles. The molecule has 186 valence electrons. The summed E-state index contributed by atoms with van der Waals surface area (Å²) in [4.78, 5) is 28.2. The van der Waals surface area contributed by atoms with Crippen LogP contribution in [0.2, 0.25) is 5.02 Å². The second kappa shape index (κ2) is 9.12. The first-order valence-corrected chi connectivity index (χ1v) is 12.4. The zero-order valence-electron chi connectivity index (χ0n) is 20.4. The maximum absolute atomic E-state index is 13.4. The Bertz CT molecular complexity index is 1580. The van der Waals surface area contributed by atoms with E-state index in [1.54, 1.807) is 23.1 Å². The molecule has 0 N–H and O–H groups in total. The highest BCUT2D eigenvalue weighted by Crippen LogP contribution is 2.50. The number of fused-ring (bicyclic) bond motifs is 3. The summed E-state index contributed by atoms with van der Waals surface area (Å²) in [5.74, 6) is 1.30. The third-order valence-electron chi connectivity index (χ3n) is 6.61. The van der Waals surface area contributed by atoms with E-state index in [-0.39, 0.29) is 23.7 Å². The van der Waals surface area contributed by atoms with Gasteiger partial charge in [-0.05, 0) is 17.0 Å². The molecular formula is C28H24ClN5O3. The molecule has 2 aliphatic rings. The maximum atomic E-state index is 13.4. The van der Waals surface area contributed by atoms with Gasteiger partial charge in [-0.25, -0.2) is 14.5 Å². The lowest BCUT2D eigenvalue weighted by atomic mass is 9.70. The number of aromatic nitrogens is 4. The molecule has 0 saturated heterocycles. The standard InChI is InChI=1S/C28H24ClN5O3/c1-28(2)12-20(35)24-21(13-28)37-27-25(23(24)17-8-4-3-5-9-17)26-32-22(33-34(26)16-30-27)15-36-31-14-18-10-6-7-11-19(18)29/h3-11,14,16,23H,12-13,15H2,1-2H3/b31-14-/t23-/m0/s1. The highest BCUT2D eigenvalue weighted by molar-refractivity contribution is 6.33. The van der Waals surface area contributed by atoms with Gasteiger partial charge < -0.3 is 9.57 Å². The summed E-state index contributed by atoms with van der Waals surface area (Å²) in [5, 5.41) is 9.11. The highest BCUT2D eigenvalue weighted by atomic mass is 35.5. The predicted octanol–water partition coefficient (Wildman–Crippen LogP) is 5.50. The molecular weight excluding hydrogens is 490 g/mol. The van der Waals surface area contributed by atoms with Crippen LogP contribution in [-0.2, 0) is 16.2 Å². The maximum Gasteiger partial charge on any atom is 0.228 e. The summed E-state index contributed by atoms with van der Waals surface area (Å²) in [5.41, 5.74) is 3.52. The van der Waals surface area contributed by atoms with Crippen molar-refractivity contribution in [3.05, 3.63) is 99.8 Å². The third kappa shape index (κ3) is 4.38. The minimum absolute atomic E-state index is 0.0509. The van der Waals surface area contributed by atoms with Crippen molar-refractivity contribution >= 4 is 29.2 Å². The van der Waals surface area contributed by atoms with E-state index < -0.39 is 0 Å². The molecule has 9 heteroatoms. The number of allylic oxidation sites excluding steroid dienone is 2. The van der Waals surface area contributed by atoms with Gasteiger partial charge in [0.1, 0.15) is 12.1 Å². The Morgan fingerprint density at radius 1 is 1.16 bits per heavy atom. The molecule has 0 saturated carbocycles. The molecule has 1 aliphatic heterocycles. The summed E-state index contributed by atoms with van der Waals surface area (Å²) in [6.45, 7) is 4.22. The Morgan fingerprint density at radius 2 is 1.95 bits per heavy atom. The first kappa shape index (κ1) is 23.4. The van der Waals surface area contributed by atoms with E-state index in [1.807, 2.05) is 48.5 Å². The second-order valence-corrected chi connectivity index (χ2v) is 10.4. The molecule has 1 atom stereocenters. The average Bonchev–Trinajstić information content (AvgIpc) is 3.29. The fourth-order valence-corrected chi connectivity index (χ4v) is 5.18. The van der Waals surface area contributed by atoms with E-state index >= 15 is 0 Å². The van der Waals surface area contributed by atoms with Crippen LogP contribution in [0.15, 0.2) is 77.4 Å². The first-order chi connectivity index (χ1) is 17.9. The van der Waals surface area contributed by atoms with Crippen LogP contribution in [0, 0.1) is 5.41 Å². The van der Waals surface area contributed by atoms with Gasteiger partial charge in [0.2, 0.25) is 5.88 Å². The number of ether oxygens (including phenoxy) is 1. The number of benzene rings is 2. The Kier molecular flexibility index (Phi) is 5.76. The minimum atomic E-state index is -0.351. The molecule has 8 nitrogen and oxygen atoms in total. The van der Waals surface area contributed by atoms with Crippen LogP contribution in [0.4, 0.5) is 0 Å². The van der Waals surface area contributed by atoms with Crippen molar-refractivity contribution in [3.8, 4) is 5.88 Å². The van der Waals surface area contributed by atoms with Crippen molar-refractivity contribution in [2.24, 2.45) is 10.6 Å². The Labute approximate surface area is 218 Å². The third-order valence-corrected chi connectivity index (χ3v) is 6.95. The molecule has 0 bridgehead atoms. The molecule has 37 heavy (non-hydrogen) atoms. The molecule has 6 rings (SSSR count). The Balaban J connectivity index is 1.37. The number of hydrogen-bond donors (Lipinski definition) is 0. The van der Waals surface area contributed by atoms with Crippen LogP contribution in [0.1, 0.15) is 55.1 Å². The summed E-state index contributed by atoms with van der Waals surface area (Å²) >= 11 is 6.16. The smallest absolute Gasteiger partial charge is 0.228 e. The van der Waals surface area contributed by atoms with Crippen LogP contribution >= 0.6 is 11.6 Å². The Morgan fingerprint density at radius 3 is 2.76 bits per heavy atom. The zero-order chi connectivity index (χ0) is 25.6. The van der Waals surface area contributed by atoms with Crippen LogP contribution in [0.25, 0.3) is 5.65 Å². The summed E-state index contributed by atoms with van der Waals surface area (Å²) in [7, 11) is 0. The molecule has 2 aromatic carbocycles. The van der Waals surface area contributed by atoms with Gasteiger partial charge in [0.25, 0.3) is 0 Å². The van der Waals surface area contributed by atoms with Crippen molar-refractivity contribution in [2.45, 2.75) is 39.2 Å². The van der Waals surface area contributed by atoms with Gasteiger partial charge in [0.05, 0.1) is 11.8 Å². The van der Waals surface area contributed by atoms with Gasteiger partial charge in [-0.1, -0.05) is 79.1 Å². The van der Waals surface area contributed by atoms with Gasteiger partial charge in [-0.2, -0.15) is 0 Å². The zero-order valence-corrected chi connectivity index (χ0v) is 21.1. The molecule has 1 aliphatic carbocycles. The molecule has 0 fully saturated rings. The molecule has 0 radical (unpaired) electrons. The summed E-state index contributed by atoms with van der Waals surface area (Å²) < 4.78 is 7.86. The minimum Gasteiger partial charge on any atom is -0.442 e. The predicted molar refractivity (Wildman–Crippen MR) is 139 cm³/mol. The fourth-order valence-electron chi connectivity index (χ4n) is 5.00. The number of carbonyl (C=O) groups is 1. The van der Waals surface area contributed by atoms with Crippen LogP contribution in [0.3, 0.4) is 0 Å². The van der Waals surface area contributed by atoms with E-state index in [0.29, 0.717) is 46.5 Å². The fraction of sp³-hybridized carbons (Fsp3) is 0.250. The number of nitrogens with zero attached hydrogens (tertiary/aromatic N) is 5. The van der Waals surface area contributed by atoms with Crippen molar-refractivity contribution in [1.82, 2.24) is 19.6 Å². The molecule has 2 aromatic heterocycles. The quantitative estimate of drug-likeness (QED) is 0.258. The molecule has 0 unspecified atom stereocenters. The van der Waals surface area contributed by atoms with Gasteiger partial charge in [0.15, 0.2) is 23.9 Å². The van der Waals surface area contributed by atoms with E-state index in [9.17, 15) is 4.79 Å². The van der Waals surface area contributed by atoms with Crippen molar-refractivity contribution < 1.29 is 14.4 Å². The number of halogens is 1. The SMILES string of the molecule is CC1(C)CC(=O)C2=C(C1)Oc1ncn3nc(CO/N=C\c4ccccc4Cl)nc3c1[C@H]2c1ccccc1. The lowest BCUT2D eigenvalue weighted by molar-refractivity contribution is -0.118. The lowest BCUT2D eigenvalue weighted by Crippen LogP contribution is -2.33. The average molecular weight is 514 g/mol. The van der Waals surface area contributed by atoms with Gasteiger partial charge in [0, 0.05) is 34.9 Å². The topological polar surface area (TPSA) is 91.0 Å². The summed E-state index contributed by atoms with van der Waals surface area (Å²) in [6.07, 6.45) is 4.24. The van der Waals surface area contributed by atoms with Crippen molar-refractivity contribution in [3.63, 3.8) is 0 Å². The lowest BCUT2D eigenvalue weighted by Gasteiger charge is -2.37. The normalized spacial score (nSPS) is 18.6. The number of ketones is 1. The molecule has 4 aromatic rings. The Hall–Kier alpha value is -4.04. The van der Waals surface area contributed by atoms with Crippen LogP contribution in [0.5, 0.6) is 5.88 Å². The largest absolute Gasteiger partial charge is 0.442 e. The number of hydrogen-bond acceptors (Lipinski definition) is 7. The second-order valence-electron chi connectivity index (χ2n) is 10.0. The van der Waals surface area contributed by atoms with E-state index in [1.165, 1.54) is 0 Å². The summed E-state index contributed by atoms with van der Waals surface area (Å²) in [6, 6.07) is 17.3. The van der Waals surface area contributed by atoms with E-state index in [2.05, 4.69) is 29.1 Å². The number of carbonyl (C=O) groups excluding carboxylic acids is 1. The van der Waals surface area contributed by atoms with E-state index in [0.717, 1.165) is 16.7 Å². The number of rotatable bonds is 5. The monoisotopic (exact) mass is 513 g/mol. The van der Waals surface area contributed by atoms with Gasteiger partial charge in [-0.3, -0.25) is 4.79 Å². The highest BCUT2D eigenvalue weighted by Gasteiger charge is 2.43. The van der Waals surface area contributed by atoms with Gasteiger partial charge in [-0.15, -0.1) is 5.10 Å². The first-order valence-electron chi connectivity index (χ1n) is 12.0. The van der Waals surface area contributed by atoms with Crippen molar-refractivity contribution in [2.75, 3.05) is 0 Å².